The van der Waals surface area contributed by atoms with Crippen LogP contribution in [0.4, 0.5) is 0 Å². The molecule has 1 aliphatic heterocycles. The summed E-state index contributed by atoms with van der Waals surface area (Å²) in [7, 11) is -3.47. The first kappa shape index (κ1) is 20.0. The molecule has 0 aliphatic carbocycles. The predicted molar refractivity (Wildman–Crippen MR) is 102 cm³/mol. The first-order chi connectivity index (χ1) is 11.5. The van der Waals surface area contributed by atoms with Crippen LogP contribution in [-0.2, 0) is 25.8 Å². The number of carbonyl (C=O) groups is 1. The molecule has 0 unspecified atom stereocenters. The average molecular weight is 366 g/mol. The largest absolute Gasteiger partial charge is 0.336 e. The third-order valence-corrected chi connectivity index (χ3v) is 6.49. The standard InChI is InChI=1S/C20H31NO3S/c1-15-7-6-8-16(2)21(15)19(22)14-25(23,24)13-17-9-11-18(12-10-17)20(3,4)5/h9-12,15-16H,6-8,13-14H2,1-5H3/t15-,16-/m0/s1. The monoisotopic (exact) mass is 365 g/mol. The molecule has 1 heterocycles. The van der Waals surface area contributed by atoms with Gasteiger partial charge >= 0.3 is 0 Å². The van der Waals surface area contributed by atoms with Crippen molar-refractivity contribution in [1.82, 2.24) is 4.90 Å². The molecule has 4 nitrogen and oxygen atoms in total. The highest BCUT2D eigenvalue weighted by Crippen LogP contribution is 2.24. The van der Waals surface area contributed by atoms with Crippen LogP contribution in [0.2, 0.25) is 0 Å². The molecule has 0 saturated carbocycles. The summed E-state index contributed by atoms with van der Waals surface area (Å²) >= 11 is 0. The Hall–Kier alpha value is -1.36. The van der Waals surface area contributed by atoms with Crippen molar-refractivity contribution < 1.29 is 13.2 Å². The molecule has 2 rings (SSSR count). The minimum Gasteiger partial charge on any atom is -0.336 e. The molecule has 0 N–H and O–H groups in total. The number of likely N-dealkylation sites (tertiary alicyclic amines) is 1. The molecule has 1 aliphatic rings. The molecule has 2 atom stereocenters. The van der Waals surface area contributed by atoms with Crippen molar-refractivity contribution in [2.45, 2.75) is 77.1 Å². The van der Waals surface area contributed by atoms with E-state index in [1.165, 1.54) is 5.56 Å². The molecule has 0 bridgehead atoms. The lowest BCUT2D eigenvalue weighted by Gasteiger charge is -2.39. The van der Waals surface area contributed by atoms with E-state index in [4.69, 9.17) is 0 Å². The highest BCUT2D eigenvalue weighted by Gasteiger charge is 2.31. The number of sulfone groups is 1. The predicted octanol–water partition coefficient (Wildman–Crippen LogP) is 3.69. The zero-order valence-corrected chi connectivity index (χ0v) is 16.9. The maximum Gasteiger partial charge on any atom is 0.238 e. The molecular weight excluding hydrogens is 334 g/mol. The van der Waals surface area contributed by atoms with E-state index in [2.05, 4.69) is 20.8 Å². The third kappa shape index (κ3) is 5.30. The van der Waals surface area contributed by atoms with Gasteiger partial charge in [0, 0.05) is 12.1 Å². The van der Waals surface area contributed by atoms with Crippen molar-refractivity contribution in [2.75, 3.05) is 5.75 Å². The van der Waals surface area contributed by atoms with Crippen LogP contribution in [0.15, 0.2) is 24.3 Å². The van der Waals surface area contributed by atoms with Gasteiger partial charge in [-0.1, -0.05) is 45.0 Å². The highest BCUT2D eigenvalue weighted by molar-refractivity contribution is 7.91. The Kier molecular flexibility index (Phi) is 5.97. The molecule has 0 radical (unpaired) electrons. The van der Waals surface area contributed by atoms with Gasteiger partial charge in [-0.15, -0.1) is 0 Å². The van der Waals surface area contributed by atoms with E-state index < -0.39 is 15.6 Å². The average Bonchev–Trinajstić information content (AvgIpc) is 2.45. The molecule has 0 spiro atoms. The van der Waals surface area contributed by atoms with E-state index >= 15 is 0 Å². The summed E-state index contributed by atoms with van der Waals surface area (Å²) < 4.78 is 25.0. The van der Waals surface area contributed by atoms with Gasteiger partial charge in [0.15, 0.2) is 9.84 Å². The van der Waals surface area contributed by atoms with E-state index in [0.29, 0.717) is 0 Å². The normalized spacial score (nSPS) is 22.0. The van der Waals surface area contributed by atoms with Crippen LogP contribution in [0.3, 0.4) is 0 Å². The number of piperidine rings is 1. The van der Waals surface area contributed by atoms with E-state index in [-0.39, 0.29) is 29.2 Å². The lowest BCUT2D eigenvalue weighted by molar-refractivity contribution is -0.134. The summed E-state index contributed by atoms with van der Waals surface area (Å²) in [5.74, 6) is -0.742. The van der Waals surface area contributed by atoms with Crippen molar-refractivity contribution in [3.05, 3.63) is 35.4 Å². The fourth-order valence-electron chi connectivity index (χ4n) is 3.58. The van der Waals surface area contributed by atoms with E-state index in [9.17, 15) is 13.2 Å². The Labute approximate surface area is 152 Å². The number of carbonyl (C=O) groups excluding carboxylic acids is 1. The fraction of sp³-hybridized carbons (Fsp3) is 0.650. The first-order valence-electron chi connectivity index (χ1n) is 9.10. The smallest absolute Gasteiger partial charge is 0.238 e. The maximum atomic E-state index is 12.6. The van der Waals surface area contributed by atoms with Crippen molar-refractivity contribution in [3.63, 3.8) is 0 Å². The fourth-order valence-corrected chi connectivity index (χ4v) is 4.91. The van der Waals surface area contributed by atoms with Crippen molar-refractivity contribution >= 4 is 15.7 Å². The van der Waals surface area contributed by atoms with Crippen molar-refractivity contribution in [3.8, 4) is 0 Å². The van der Waals surface area contributed by atoms with Gasteiger partial charge < -0.3 is 4.90 Å². The lowest BCUT2D eigenvalue weighted by Crippen LogP contribution is -2.49. The minimum atomic E-state index is -3.47. The minimum absolute atomic E-state index is 0.0356. The summed E-state index contributed by atoms with van der Waals surface area (Å²) in [6.45, 7) is 10.4. The maximum absolute atomic E-state index is 12.6. The molecule has 25 heavy (non-hydrogen) atoms. The van der Waals surface area contributed by atoms with E-state index in [1.807, 2.05) is 38.1 Å². The third-order valence-electron chi connectivity index (χ3n) is 5.03. The Morgan fingerprint density at radius 1 is 1.08 bits per heavy atom. The van der Waals surface area contributed by atoms with Gasteiger partial charge in [-0.2, -0.15) is 0 Å². The van der Waals surface area contributed by atoms with Crippen LogP contribution in [0.25, 0.3) is 0 Å². The van der Waals surface area contributed by atoms with Gasteiger partial charge in [0.2, 0.25) is 5.91 Å². The number of nitrogens with zero attached hydrogens (tertiary/aromatic N) is 1. The van der Waals surface area contributed by atoms with Crippen molar-refractivity contribution in [2.24, 2.45) is 0 Å². The molecule has 1 aromatic carbocycles. The topological polar surface area (TPSA) is 54.5 Å². The summed E-state index contributed by atoms with van der Waals surface area (Å²) in [5.41, 5.74) is 1.94. The first-order valence-corrected chi connectivity index (χ1v) is 10.9. The van der Waals surface area contributed by atoms with Crippen molar-refractivity contribution in [1.29, 1.82) is 0 Å². The Balaban J connectivity index is 2.05. The zero-order chi connectivity index (χ0) is 18.8. The SMILES string of the molecule is C[C@H]1CCC[C@H](C)N1C(=O)CS(=O)(=O)Cc1ccc(C(C)(C)C)cc1. The van der Waals surface area contributed by atoms with E-state index in [1.54, 1.807) is 4.90 Å². The summed E-state index contributed by atoms with van der Waals surface area (Å²) in [6, 6.07) is 7.90. The van der Waals surface area contributed by atoms with Gasteiger partial charge in [-0.25, -0.2) is 8.42 Å². The number of hydrogen-bond donors (Lipinski definition) is 0. The Morgan fingerprint density at radius 2 is 1.60 bits per heavy atom. The summed E-state index contributed by atoms with van der Waals surface area (Å²) in [6.07, 6.45) is 2.99. The Morgan fingerprint density at radius 3 is 2.08 bits per heavy atom. The second-order valence-corrected chi connectivity index (χ2v) is 10.5. The zero-order valence-electron chi connectivity index (χ0n) is 16.1. The molecule has 5 heteroatoms. The second kappa shape index (κ2) is 7.48. The Bertz CT molecular complexity index is 691. The number of hydrogen-bond acceptors (Lipinski definition) is 3. The molecule has 1 aromatic rings. The van der Waals surface area contributed by atoms with Gasteiger partial charge in [0.25, 0.3) is 0 Å². The molecule has 1 saturated heterocycles. The van der Waals surface area contributed by atoms with Crippen LogP contribution in [0, 0.1) is 0 Å². The van der Waals surface area contributed by atoms with Gasteiger partial charge in [0.05, 0.1) is 5.75 Å². The highest BCUT2D eigenvalue weighted by atomic mass is 32.2. The van der Waals surface area contributed by atoms with Crippen LogP contribution in [0.5, 0.6) is 0 Å². The molecule has 1 amide bonds. The molecule has 140 valence electrons. The van der Waals surface area contributed by atoms with Gasteiger partial charge in [-0.05, 0) is 49.7 Å². The molecule has 1 fully saturated rings. The number of amides is 1. The van der Waals surface area contributed by atoms with Crippen LogP contribution in [0.1, 0.15) is 65.0 Å². The lowest BCUT2D eigenvalue weighted by atomic mass is 9.87. The van der Waals surface area contributed by atoms with Crippen LogP contribution < -0.4 is 0 Å². The molecular formula is C20H31NO3S. The number of benzene rings is 1. The van der Waals surface area contributed by atoms with E-state index in [0.717, 1.165) is 24.8 Å². The van der Waals surface area contributed by atoms with Gasteiger partial charge in [-0.3, -0.25) is 4.79 Å². The second-order valence-electron chi connectivity index (χ2n) is 8.41. The van der Waals surface area contributed by atoms with Crippen LogP contribution >= 0.6 is 0 Å². The number of rotatable bonds is 4. The quantitative estimate of drug-likeness (QED) is 0.818. The summed E-state index contributed by atoms with van der Waals surface area (Å²) in [4.78, 5) is 14.3. The molecule has 0 aromatic heterocycles. The van der Waals surface area contributed by atoms with Crippen LogP contribution in [-0.4, -0.2) is 37.1 Å². The summed E-state index contributed by atoms with van der Waals surface area (Å²) in [5, 5.41) is 0. The van der Waals surface area contributed by atoms with Gasteiger partial charge in [0.1, 0.15) is 5.75 Å².